The molecule has 0 unspecified atom stereocenters. The first-order chi connectivity index (χ1) is 6.00. The van der Waals surface area contributed by atoms with Crippen molar-refractivity contribution in [3.8, 4) is 0 Å². The Balaban J connectivity index is 0.000000120. The van der Waals surface area contributed by atoms with Crippen LogP contribution in [-0.2, 0) is 9.47 Å². The van der Waals surface area contributed by atoms with Crippen molar-refractivity contribution in [2.75, 3.05) is 26.4 Å². The van der Waals surface area contributed by atoms with Crippen LogP contribution in [0.1, 0.15) is 19.3 Å². The first-order valence-corrected chi connectivity index (χ1v) is 7.83. The molecule has 2 saturated heterocycles. The molecule has 2 aliphatic heterocycles. The summed E-state index contributed by atoms with van der Waals surface area (Å²) in [5.41, 5.74) is 0. The van der Waals surface area contributed by atoms with Gasteiger partial charge < -0.3 is 9.47 Å². The quantitative estimate of drug-likeness (QED) is 0.591. The Labute approximate surface area is 81.7 Å². The molecule has 0 radical (unpaired) electrons. The molecule has 0 saturated carbocycles. The molecule has 2 rings (SSSR count). The molecule has 0 aromatic carbocycles. The largest absolute Gasteiger partial charge is 0.377 e. The molecule has 72 valence electrons. The Morgan fingerprint density at radius 1 is 0.667 bits per heavy atom. The van der Waals surface area contributed by atoms with Crippen molar-refractivity contribution in [3.63, 3.8) is 0 Å². The van der Waals surface area contributed by atoms with E-state index in [9.17, 15) is 0 Å². The third-order valence-electron chi connectivity index (χ3n) is 1.95. The molecule has 0 aromatic heterocycles. The van der Waals surface area contributed by atoms with Crippen LogP contribution >= 0.6 is 0 Å². The normalized spacial score (nSPS) is 24.0. The molecule has 0 atom stereocenters. The minimum Gasteiger partial charge on any atom is -0.377 e. The summed E-state index contributed by atoms with van der Waals surface area (Å²) in [5, 5.41) is 3.25. The molecular formula is C9H19AsO2. The summed E-state index contributed by atoms with van der Waals surface area (Å²) in [6, 6.07) is 0. The van der Waals surface area contributed by atoms with Gasteiger partial charge >= 0.3 is 45.4 Å². The molecule has 3 heteroatoms. The standard InChI is InChI=1S/C5H11As.C4H8O2/c1-2-4-6-5-3-1;1-2-6-4-3-5-1/h6H,1-5H2;1-4H2. The Morgan fingerprint density at radius 2 is 1.17 bits per heavy atom. The van der Waals surface area contributed by atoms with Crippen molar-refractivity contribution < 1.29 is 9.47 Å². The van der Waals surface area contributed by atoms with Gasteiger partial charge in [0.25, 0.3) is 0 Å². The van der Waals surface area contributed by atoms with Crippen molar-refractivity contribution in [2.24, 2.45) is 0 Å². The second kappa shape index (κ2) is 8.09. The van der Waals surface area contributed by atoms with Crippen LogP contribution in [0.5, 0.6) is 0 Å². The molecule has 0 bridgehead atoms. The van der Waals surface area contributed by atoms with Gasteiger partial charge in [0.1, 0.15) is 0 Å². The summed E-state index contributed by atoms with van der Waals surface area (Å²) < 4.78 is 9.89. The predicted octanol–water partition coefficient (Wildman–Crippen LogP) is 1.48. The SMILES string of the molecule is C1CC[AsH]CC1.C1COCCO1. The van der Waals surface area contributed by atoms with E-state index in [1.165, 1.54) is 6.42 Å². The predicted molar refractivity (Wildman–Crippen MR) is 52.3 cm³/mol. The van der Waals surface area contributed by atoms with Gasteiger partial charge in [-0.2, -0.15) is 0 Å². The van der Waals surface area contributed by atoms with Crippen LogP contribution < -0.4 is 0 Å². The number of rotatable bonds is 0. The van der Waals surface area contributed by atoms with E-state index in [0.29, 0.717) is 15.8 Å². The minimum atomic E-state index is 0.608. The van der Waals surface area contributed by atoms with Crippen LogP contribution in [0, 0.1) is 0 Å². The van der Waals surface area contributed by atoms with Crippen LogP contribution in [0.15, 0.2) is 0 Å². The summed E-state index contributed by atoms with van der Waals surface area (Å²) in [6.45, 7) is 3.11. The molecule has 0 amide bonds. The van der Waals surface area contributed by atoms with E-state index >= 15 is 0 Å². The van der Waals surface area contributed by atoms with Gasteiger partial charge in [-0.3, -0.25) is 0 Å². The van der Waals surface area contributed by atoms with Crippen LogP contribution in [0.3, 0.4) is 0 Å². The van der Waals surface area contributed by atoms with Crippen LogP contribution in [-0.4, -0.2) is 42.2 Å². The maximum absolute atomic E-state index is 4.94. The molecule has 0 aliphatic carbocycles. The zero-order valence-corrected chi connectivity index (χ0v) is 9.78. The van der Waals surface area contributed by atoms with Gasteiger partial charge in [-0.05, 0) is 0 Å². The summed E-state index contributed by atoms with van der Waals surface area (Å²) in [6.07, 6.45) is 4.64. The topological polar surface area (TPSA) is 18.5 Å². The average Bonchev–Trinajstić information content (AvgIpc) is 2.24. The first kappa shape index (κ1) is 10.6. The molecule has 12 heavy (non-hydrogen) atoms. The maximum atomic E-state index is 4.94. The summed E-state index contributed by atoms with van der Waals surface area (Å²) in [5.74, 6) is 0. The number of hydrogen-bond donors (Lipinski definition) is 0. The fourth-order valence-corrected chi connectivity index (χ4v) is 3.86. The van der Waals surface area contributed by atoms with E-state index in [0.717, 1.165) is 26.4 Å². The minimum absolute atomic E-state index is 0.608. The number of ether oxygens (including phenoxy) is 2. The van der Waals surface area contributed by atoms with E-state index in [-0.39, 0.29) is 0 Å². The van der Waals surface area contributed by atoms with Gasteiger partial charge in [-0.1, -0.05) is 0 Å². The molecule has 2 fully saturated rings. The van der Waals surface area contributed by atoms with Gasteiger partial charge in [0, 0.05) is 0 Å². The smallest absolute Gasteiger partial charge is 0.0701 e. The van der Waals surface area contributed by atoms with Gasteiger partial charge in [0.2, 0.25) is 0 Å². The van der Waals surface area contributed by atoms with Crippen molar-refractivity contribution >= 4 is 15.8 Å². The van der Waals surface area contributed by atoms with E-state index in [1.54, 1.807) is 23.3 Å². The van der Waals surface area contributed by atoms with Gasteiger partial charge in [0.05, 0.1) is 26.4 Å². The third kappa shape index (κ3) is 6.05. The summed E-state index contributed by atoms with van der Waals surface area (Å²) in [4.78, 5) is 0. The molecule has 2 heterocycles. The Hall–Kier alpha value is 0.478. The maximum Gasteiger partial charge on any atom is 0.0701 e. The van der Waals surface area contributed by atoms with E-state index in [4.69, 9.17) is 9.47 Å². The fourth-order valence-electron chi connectivity index (χ4n) is 1.24. The van der Waals surface area contributed by atoms with Crippen LogP contribution in [0.2, 0.25) is 10.4 Å². The Bertz CT molecular complexity index is 55.5. The molecule has 2 aliphatic rings. The first-order valence-electron chi connectivity index (χ1n) is 4.86. The number of hydrogen-bond acceptors (Lipinski definition) is 2. The molecule has 0 N–H and O–H groups in total. The van der Waals surface area contributed by atoms with Gasteiger partial charge in [-0.25, -0.2) is 0 Å². The van der Waals surface area contributed by atoms with Crippen molar-refractivity contribution in [1.82, 2.24) is 0 Å². The van der Waals surface area contributed by atoms with Crippen molar-refractivity contribution in [1.29, 1.82) is 0 Å². The van der Waals surface area contributed by atoms with E-state index in [1.807, 2.05) is 0 Å². The Kier molecular flexibility index (Phi) is 7.12. The summed E-state index contributed by atoms with van der Waals surface area (Å²) >= 11 is 0.608. The fraction of sp³-hybridized carbons (Fsp3) is 1.00. The monoisotopic (exact) mass is 234 g/mol. The van der Waals surface area contributed by atoms with E-state index in [2.05, 4.69) is 0 Å². The van der Waals surface area contributed by atoms with E-state index < -0.39 is 0 Å². The van der Waals surface area contributed by atoms with Crippen molar-refractivity contribution in [3.05, 3.63) is 0 Å². The Morgan fingerprint density at radius 3 is 1.33 bits per heavy atom. The molecule has 0 aromatic rings. The molecule has 0 spiro atoms. The van der Waals surface area contributed by atoms with Gasteiger partial charge in [-0.15, -0.1) is 0 Å². The summed E-state index contributed by atoms with van der Waals surface area (Å²) in [7, 11) is 0. The zero-order chi connectivity index (χ0) is 8.49. The third-order valence-corrected chi connectivity index (χ3v) is 4.92. The average molecular weight is 234 g/mol. The van der Waals surface area contributed by atoms with Gasteiger partial charge in [0.15, 0.2) is 0 Å². The van der Waals surface area contributed by atoms with Crippen LogP contribution in [0.25, 0.3) is 0 Å². The van der Waals surface area contributed by atoms with Crippen molar-refractivity contribution in [2.45, 2.75) is 29.7 Å². The second-order valence-corrected chi connectivity index (χ2v) is 6.18. The van der Waals surface area contributed by atoms with Crippen LogP contribution in [0.4, 0.5) is 0 Å². The molecule has 2 nitrogen and oxygen atoms in total. The molecular weight excluding hydrogens is 215 g/mol. The second-order valence-electron chi connectivity index (χ2n) is 3.04. The zero-order valence-electron chi connectivity index (χ0n) is 7.68.